The van der Waals surface area contributed by atoms with E-state index in [2.05, 4.69) is 21.1 Å². The fourth-order valence-corrected chi connectivity index (χ4v) is 4.15. The summed E-state index contributed by atoms with van der Waals surface area (Å²) in [5, 5.41) is 13.8. The van der Waals surface area contributed by atoms with Gasteiger partial charge in [0, 0.05) is 43.5 Å². The molecule has 0 bridgehead atoms. The maximum atomic E-state index is 13.3. The van der Waals surface area contributed by atoms with Gasteiger partial charge in [-0.3, -0.25) is 4.79 Å². The normalized spacial score (nSPS) is 13.5. The minimum absolute atomic E-state index is 0.00792. The van der Waals surface area contributed by atoms with E-state index < -0.39 is 0 Å². The summed E-state index contributed by atoms with van der Waals surface area (Å²) in [4.78, 5) is 21.5. The Morgan fingerprint density at radius 2 is 1.70 bits per heavy atom. The SMILES string of the molecule is N#Cc1cccnc1N1CCN(C(=O)c2cccc(-n3nccc3-c3ccccc3)c2)CC1. The Bertz CT molecular complexity index is 1320. The number of amides is 1. The maximum Gasteiger partial charge on any atom is 0.254 e. The van der Waals surface area contributed by atoms with Gasteiger partial charge in [0.05, 0.1) is 23.1 Å². The summed E-state index contributed by atoms with van der Waals surface area (Å²) in [6, 6.07) is 25.3. The maximum absolute atomic E-state index is 13.3. The number of carbonyl (C=O) groups excluding carboxylic acids is 1. The highest BCUT2D eigenvalue weighted by Gasteiger charge is 2.24. The van der Waals surface area contributed by atoms with E-state index in [1.807, 2.05) is 70.2 Å². The van der Waals surface area contributed by atoms with Crippen LogP contribution in [-0.4, -0.2) is 51.8 Å². The molecule has 0 atom stereocenters. The van der Waals surface area contributed by atoms with E-state index in [9.17, 15) is 10.1 Å². The highest BCUT2D eigenvalue weighted by Crippen LogP contribution is 2.23. The second-order valence-corrected chi connectivity index (χ2v) is 7.81. The van der Waals surface area contributed by atoms with Crippen LogP contribution in [0.3, 0.4) is 0 Å². The van der Waals surface area contributed by atoms with Crippen molar-refractivity contribution >= 4 is 11.7 Å². The monoisotopic (exact) mass is 434 g/mol. The van der Waals surface area contributed by atoms with Gasteiger partial charge in [-0.2, -0.15) is 10.4 Å². The smallest absolute Gasteiger partial charge is 0.254 e. The molecule has 4 aromatic rings. The average molecular weight is 435 g/mol. The third-order valence-corrected chi connectivity index (χ3v) is 5.82. The highest BCUT2D eigenvalue weighted by atomic mass is 16.2. The van der Waals surface area contributed by atoms with Crippen molar-refractivity contribution in [2.45, 2.75) is 0 Å². The predicted octanol–water partition coefficient (Wildman–Crippen LogP) is 3.77. The molecule has 5 rings (SSSR count). The van der Waals surface area contributed by atoms with Gasteiger partial charge < -0.3 is 9.80 Å². The molecule has 0 aliphatic carbocycles. The molecule has 0 N–H and O–H groups in total. The largest absolute Gasteiger partial charge is 0.352 e. The van der Waals surface area contributed by atoms with E-state index in [1.165, 1.54) is 0 Å². The number of aromatic nitrogens is 3. The van der Waals surface area contributed by atoms with Gasteiger partial charge >= 0.3 is 0 Å². The Morgan fingerprint density at radius 1 is 0.879 bits per heavy atom. The van der Waals surface area contributed by atoms with Crippen molar-refractivity contribution in [1.82, 2.24) is 19.7 Å². The van der Waals surface area contributed by atoms with Gasteiger partial charge in [-0.25, -0.2) is 9.67 Å². The first-order valence-electron chi connectivity index (χ1n) is 10.8. The number of carbonyl (C=O) groups is 1. The molecule has 2 aromatic carbocycles. The van der Waals surface area contributed by atoms with Crippen molar-refractivity contribution in [3.8, 4) is 23.0 Å². The summed E-state index contributed by atoms with van der Waals surface area (Å²) in [6.07, 6.45) is 3.46. The second-order valence-electron chi connectivity index (χ2n) is 7.81. The Kier molecular flexibility index (Phi) is 5.56. The van der Waals surface area contributed by atoms with E-state index in [4.69, 9.17) is 0 Å². The summed E-state index contributed by atoms with van der Waals surface area (Å²) >= 11 is 0. The Hall–Kier alpha value is -4.44. The first kappa shape index (κ1) is 20.5. The van der Waals surface area contributed by atoms with Crippen molar-refractivity contribution in [3.63, 3.8) is 0 Å². The number of nitrogens with zero attached hydrogens (tertiary/aromatic N) is 6. The number of benzene rings is 2. The lowest BCUT2D eigenvalue weighted by molar-refractivity contribution is 0.0746. The number of rotatable bonds is 4. The van der Waals surface area contributed by atoms with Crippen LogP contribution in [0, 0.1) is 11.3 Å². The summed E-state index contributed by atoms with van der Waals surface area (Å²) in [7, 11) is 0. The van der Waals surface area contributed by atoms with Gasteiger partial charge in [-0.05, 0) is 36.4 Å². The van der Waals surface area contributed by atoms with Gasteiger partial charge in [0.25, 0.3) is 5.91 Å². The fourth-order valence-electron chi connectivity index (χ4n) is 4.15. The van der Waals surface area contributed by atoms with Crippen molar-refractivity contribution in [2.24, 2.45) is 0 Å². The van der Waals surface area contributed by atoms with Crippen LogP contribution in [0.2, 0.25) is 0 Å². The first-order chi connectivity index (χ1) is 16.2. The van der Waals surface area contributed by atoms with E-state index in [0.29, 0.717) is 43.1 Å². The molecule has 33 heavy (non-hydrogen) atoms. The van der Waals surface area contributed by atoms with Crippen LogP contribution in [-0.2, 0) is 0 Å². The lowest BCUT2D eigenvalue weighted by Crippen LogP contribution is -2.49. The van der Waals surface area contributed by atoms with Crippen LogP contribution in [0.1, 0.15) is 15.9 Å². The van der Waals surface area contributed by atoms with Gasteiger partial charge in [0.2, 0.25) is 0 Å². The van der Waals surface area contributed by atoms with E-state index in [0.717, 1.165) is 16.9 Å². The lowest BCUT2D eigenvalue weighted by atomic mass is 10.1. The molecule has 7 nitrogen and oxygen atoms in total. The van der Waals surface area contributed by atoms with Crippen LogP contribution in [0.25, 0.3) is 16.9 Å². The van der Waals surface area contributed by atoms with Crippen LogP contribution in [0.4, 0.5) is 5.82 Å². The Morgan fingerprint density at radius 3 is 2.48 bits per heavy atom. The zero-order chi connectivity index (χ0) is 22.6. The molecule has 1 saturated heterocycles. The van der Waals surface area contributed by atoms with Crippen LogP contribution in [0.5, 0.6) is 0 Å². The van der Waals surface area contributed by atoms with Gasteiger partial charge in [0.15, 0.2) is 0 Å². The molecule has 162 valence electrons. The molecule has 1 amide bonds. The zero-order valence-electron chi connectivity index (χ0n) is 18.0. The minimum Gasteiger partial charge on any atom is -0.352 e. The molecular weight excluding hydrogens is 412 g/mol. The summed E-state index contributed by atoms with van der Waals surface area (Å²) in [5.74, 6) is 0.674. The molecule has 7 heteroatoms. The van der Waals surface area contributed by atoms with E-state index in [-0.39, 0.29) is 5.91 Å². The summed E-state index contributed by atoms with van der Waals surface area (Å²) in [5.41, 5.74) is 4.06. The molecule has 2 aromatic heterocycles. The molecule has 0 radical (unpaired) electrons. The molecule has 0 spiro atoms. The molecule has 0 saturated carbocycles. The van der Waals surface area contributed by atoms with Crippen molar-refractivity contribution in [2.75, 3.05) is 31.1 Å². The second kappa shape index (κ2) is 8.97. The number of hydrogen-bond donors (Lipinski definition) is 0. The van der Waals surface area contributed by atoms with Gasteiger partial charge in [0.1, 0.15) is 11.9 Å². The fraction of sp³-hybridized carbons (Fsp3) is 0.154. The molecular formula is C26H22N6O. The number of anilines is 1. The summed E-state index contributed by atoms with van der Waals surface area (Å²) < 4.78 is 1.86. The Balaban J connectivity index is 1.33. The van der Waals surface area contributed by atoms with Crippen molar-refractivity contribution in [1.29, 1.82) is 5.26 Å². The third-order valence-electron chi connectivity index (χ3n) is 5.82. The van der Waals surface area contributed by atoms with Gasteiger partial charge in [-0.15, -0.1) is 0 Å². The van der Waals surface area contributed by atoms with Crippen molar-refractivity contribution in [3.05, 3.63) is 96.3 Å². The van der Waals surface area contributed by atoms with Crippen LogP contribution in [0.15, 0.2) is 85.2 Å². The minimum atomic E-state index is -0.00792. The topological polar surface area (TPSA) is 78.0 Å². The highest BCUT2D eigenvalue weighted by molar-refractivity contribution is 5.95. The molecule has 3 heterocycles. The quantitative estimate of drug-likeness (QED) is 0.489. The summed E-state index contributed by atoms with van der Waals surface area (Å²) in [6.45, 7) is 2.41. The predicted molar refractivity (Wildman–Crippen MR) is 126 cm³/mol. The molecule has 1 fully saturated rings. The molecule has 0 unspecified atom stereocenters. The molecule has 1 aliphatic rings. The average Bonchev–Trinajstić information content (AvgIpc) is 3.39. The van der Waals surface area contributed by atoms with Crippen LogP contribution < -0.4 is 4.90 Å². The van der Waals surface area contributed by atoms with E-state index in [1.54, 1.807) is 24.5 Å². The van der Waals surface area contributed by atoms with E-state index >= 15 is 0 Å². The number of pyridine rings is 1. The number of piperazine rings is 1. The number of hydrogen-bond acceptors (Lipinski definition) is 5. The van der Waals surface area contributed by atoms with Crippen LogP contribution >= 0.6 is 0 Å². The molecule has 1 aliphatic heterocycles. The first-order valence-corrected chi connectivity index (χ1v) is 10.8. The van der Waals surface area contributed by atoms with Gasteiger partial charge in [-0.1, -0.05) is 36.4 Å². The zero-order valence-corrected chi connectivity index (χ0v) is 18.0. The lowest BCUT2D eigenvalue weighted by Gasteiger charge is -2.35. The van der Waals surface area contributed by atoms with Crippen molar-refractivity contribution < 1.29 is 4.79 Å². The third kappa shape index (κ3) is 4.06. The standard InChI is InChI=1S/C26H22N6O/c27-19-22-9-5-12-28-25(22)30-14-16-31(17-15-30)26(33)21-8-4-10-23(18-21)32-24(11-13-29-32)20-6-2-1-3-7-20/h1-13,18H,14-17H2. The Labute approximate surface area is 192 Å². The number of nitriles is 1.